The van der Waals surface area contributed by atoms with Crippen LogP contribution in [0.1, 0.15) is 136 Å². The van der Waals surface area contributed by atoms with Gasteiger partial charge in [0.25, 0.3) is 0 Å². The van der Waals surface area contributed by atoms with Gasteiger partial charge in [0.1, 0.15) is 37.1 Å². The zero-order valence-corrected chi connectivity index (χ0v) is 37.5. The molecule has 18 nitrogen and oxygen atoms in total. The summed E-state index contributed by atoms with van der Waals surface area (Å²) in [5.41, 5.74) is -1.47. The SMILES string of the molecule is CCCCCCOc1ccc(C(=O)OOC(=O)OCC(C)(COC(=O)OOC(=O)c2ccc(OCCCCCC)cc2)COC(=O)OOC(=O)c2ccc(OCCCCCC)cc2)cc1. The Hall–Kier alpha value is -6.72. The average Bonchev–Trinajstić information content (AvgIpc) is 3.32. The molecular formula is C47H60O18. The average molecular weight is 913 g/mol. The molecule has 0 saturated carbocycles. The molecule has 3 aromatic carbocycles. The molecule has 0 aliphatic rings. The topological polar surface area (TPSA) is 213 Å². The molecule has 0 bridgehead atoms. The number of hydrogen-bond acceptors (Lipinski definition) is 18. The summed E-state index contributed by atoms with van der Waals surface area (Å²) in [4.78, 5) is 102. The summed E-state index contributed by atoms with van der Waals surface area (Å²) in [5.74, 6) is -1.45. The lowest BCUT2D eigenvalue weighted by molar-refractivity contribution is -0.216. The van der Waals surface area contributed by atoms with Gasteiger partial charge in [-0.05, 0) is 99.0 Å². The first-order valence-corrected chi connectivity index (χ1v) is 21.8. The minimum absolute atomic E-state index is 0.0413. The van der Waals surface area contributed by atoms with E-state index in [1.807, 2.05) is 0 Å². The van der Waals surface area contributed by atoms with Crippen molar-refractivity contribution < 1.29 is 86.5 Å². The van der Waals surface area contributed by atoms with Crippen molar-refractivity contribution in [3.8, 4) is 17.2 Å². The van der Waals surface area contributed by atoms with E-state index in [0.717, 1.165) is 77.0 Å². The first-order chi connectivity index (χ1) is 31.4. The van der Waals surface area contributed by atoms with Gasteiger partial charge in [-0.1, -0.05) is 78.6 Å². The summed E-state index contributed by atoms with van der Waals surface area (Å²) in [5, 5.41) is 0. The lowest BCUT2D eigenvalue weighted by atomic mass is 9.94. The number of benzene rings is 3. The Morgan fingerprint density at radius 1 is 0.369 bits per heavy atom. The van der Waals surface area contributed by atoms with Crippen molar-refractivity contribution in [2.24, 2.45) is 5.41 Å². The Morgan fingerprint density at radius 3 is 0.877 bits per heavy atom. The van der Waals surface area contributed by atoms with Crippen LogP contribution in [0.5, 0.6) is 17.2 Å². The molecule has 3 rings (SSSR count). The normalized spacial score (nSPS) is 10.7. The lowest BCUT2D eigenvalue weighted by Crippen LogP contribution is -2.37. The predicted octanol–water partition coefficient (Wildman–Crippen LogP) is 10.6. The predicted molar refractivity (Wildman–Crippen MR) is 230 cm³/mol. The van der Waals surface area contributed by atoms with Gasteiger partial charge < -0.3 is 28.4 Å². The molecule has 0 radical (unpaired) electrons. The van der Waals surface area contributed by atoms with Crippen molar-refractivity contribution in [2.45, 2.75) is 105 Å². The van der Waals surface area contributed by atoms with Gasteiger partial charge in [0, 0.05) is 0 Å². The van der Waals surface area contributed by atoms with Crippen LogP contribution in [0, 0.1) is 5.41 Å². The van der Waals surface area contributed by atoms with Crippen molar-refractivity contribution in [1.82, 2.24) is 0 Å². The molecule has 0 saturated heterocycles. The summed E-state index contributed by atoms with van der Waals surface area (Å²) in [6.45, 7) is 7.13. The van der Waals surface area contributed by atoms with E-state index in [1.54, 1.807) is 36.4 Å². The second-order valence-electron chi connectivity index (χ2n) is 15.1. The molecule has 0 N–H and O–H groups in total. The van der Waals surface area contributed by atoms with Crippen LogP contribution in [0.15, 0.2) is 72.8 Å². The van der Waals surface area contributed by atoms with E-state index in [1.165, 1.54) is 43.3 Å². The molecule has 3 aromatic rings. The molecule has 0 unspecified atom stereocenters. The van der Waals surface area contributed by atoms with Crippen LogP contribution >= 0.6 is 0 Å². The number of carbonyl (C=O) groups excluding carboxylic acids is 6. The Balaban J connectivity index is 1.52. The zero-order chi connectivity index (χ0) is 47.1. The van der Waals surface area contributed by atoms with Crippen LogP contribution in [-0.2, 0) is 43.5 Å². The summed E-state index contributed by atoms with van der Waals surface area (Å²) in [6, 6.07) is 17.9. The molecule has 0 aromatic heterocycles. The van der Waals surface area contributed by atoms with Gasteiger partial charge in [0.15, 0.2) is 0 Å². The van der Waals surface area contributed by atoms with Gasteiger partial charge in [0.2, 0.25) is 0 Å². The Bertz CT molecular complexity index is 1660. The highest BCUT2D eigenvalue weighted by Gasteiger charge is 2.33. The van der Waals surface area contributed by atoms with E-state index >= 15 is 0 Å². The second-order valence-corrected chi connectivity index (χ2v) is 15.1. The third-order valence-electron chi connectivity index (χ3n) is 9.24. The van der Waals surface area contributed by atoms with Crippen molar-refractivity contribution in [3.05, 3.63) is 89.5 Å². The second kappa shape index (κ2) is 30.4. The van der Waals surface area contributed by atoms with Crippen LogP contribution in [0.25, 0.3) is 0 Å². The highest BCUT2D eigenvalue weighted by molar-refractivity contribution is 5.90. The Labute approximate surface area is 378 Å². The minimum atomic E-state index is -1.60. The summed E-state index contributed by atoms with van der Waals surface area (Å²) < 4.78 is 32.1. The number of hydrogen-bond donors (Lipinski definition) is 0. The van der Waals surface area contributed by atoms with Crippen molar-refractivity contribution in [2.75, 3.05) is 39.6 Å². The highest BCUT2D eigenvalue weighted by Crippen LogP contribution is 2.22. The third kappa shape index (κ3) is 22.0. The van der Waals surface area contributed by atoms with E-state index in [0.29, 0.717) is 37.1 Å². The van der Waals surface area contributed by atoms with E-state index < -0.39 is 61.6 Å². The van der Waals surface area contributed by atoms with Crippen LogP contribution in [0.4, 0.5) is 14.4 Å². The van der Waals surface area contributed by atoms with Crippen molar-refractivity contribution in [3.63, 3.8) is 0 Å². The van der Waals surface area contributed by atoms with E-state index in [9.17, 15) is 28.8 Å². The van der Waals surface area contributed by atoms with Gasteiger partial charge in [-0.15, -0.1) is 0 Å². The maximum absolute atomic E-state index is 12.5. The quantitative estimate of drug-likeness (QED) is 0.0229. The van der Waals surface area contributed by atoms with E-state index in [2.05, 4.69) is 50.1 Å². The van der Waals surface area contributed by atoms with E-state index in [-0.39, 0.29) is 16.7 Å². The highest BCUT2D eigenvalue weighted by atomic mass is 17.2. The summed E-state index contributed by atoms with van der Waals surface area (Å²) in [6.07, 6.45) is 7.93. The molecule has 0 atom stereocenters. The zero-order valence-electron chi connectivity index (χ0n) is 37.5. The number of rotatable bonds is 27. The summed E-state index contributed by atoms with van der Waals surface area (Å²) in [7, 11) is 0. The Morgan fingerprint density at radius 2 is 0.631 bits per heavy atom. The van der Waals surface area contributed by atoms with Gasteiger partial charge >= 0.3 is 36.4 Å². The fourth-order valence-electron chi connectivity index (χ4n) is 5.47. The van der Waals surface area contributed by atoms with Crippen molar-refractivity contribution in [1.29, 1.82) is 0 Å². The molecule has 0 spiro atoms. The molecule has 0 amide bonds. The number of ether oxygens (including phenoxy) is 6. The standard InChI is InChI=1S/C47H60O18/c1-5-8-11-14-29-54-38-23-17-35(18-24-38)41(48)60-63-44(51)57-32-47(4,33-58-45(52)64-61-42(49)36-19-25-39(26-20-36)55-30-15-12-9-6-2)34-59-46(53)65-62-43(50)37-21-27-40(28-22-37)56-31-16-13-10-7-3/h17-28H,5-16,29-34H2,1-4H3. The smallest absolute Gasteiger partial charge is 0.494 e. The van der Waals surface area contributed by atoms with Gasteiger partial charge in [-0.3, -0.25) is 0 Å². The number of carbonyl (C=O) groups is 6. The maximum Gasteiger partial charge on any atom is 0.549 e. The maximum atomic E-state index is 12.5. The molecular weight excluding hydrogens is 852 g/mol. The number of unbranched alkanes of at least 4 members (excludes halogenated alkanes) is 9. The fraction of sp³-hybridized carbons (Fsp3) is 0.489. The molecule has 0 aliphatic heterocycles. The van der Waals surface area contributed by atoms with Gasteiger partial charge in [-0.25, -0.2) is 43.7 Å². The molecule has 0 heterocycles. The first-order valence-electron chi connectivity index (χ1n) is 21.8. The van der Waals surface area contributed by atoms with Crippen LogP contribution in [-0.4, -0.2) is 76.0 Å². The molecule has 0 aliphatic carbocycles. The van der Waals surface area contributed by atoms with Gasteiger partial charge in [-0.2, -0.15) is 14.4 Å². The molecule has 0 fully saturated rings. The minimum Gasteiger partial charge on any atom is -0.494 e. The lowest BCUT2D eigenvalue weighted by Gasteiger charge is -2.26. The molecule has 18 heteroatoms. The van der Waals surface area contributed by atoms with Crippen molar-refractivity contribution >= 4 is 36.4 Å². The largest absolute Gasteiger partial charge is 0.549 e. The third-order valence-corrected chi connectivity index (χ3v) is 9.24. The first kappa shape index (κ1) is 52.6. The van der Waals surface area contributed by atoms with Crippen LogP contribution in [0.2, 0.25) is 0 Å². The Kier molecular flexibility index (Phi) is 24.6. The molecule has 356 valence electrons. The molecule has 65 heavy (non-hydrogen) atoms. The van der Waals surface area contributed by atoms with Gasteiger partial charge in [0.05, 0.1) is 41.9 Å². The van der Waals surface area contributed by atoms with Crippen LogP contribution < -0.4 is 14.2 Å². The van der Waals surface area contributed by atoms with Crippen LogP contribution in [0.3, 0.4) is 0 Å². The monoisotopic (exact) mass is 912 g/mol. The fourth-order valence-corrected chi connectivity index (χ4v) is 5.47. The van der Waals surface area contributed by atoms with E-state index in [4.69, 9.17) is 28.4 Å². The summed E-state index contributed by atoms with van der Waals surface area (Å²) >= 11 is 0.